The molecule has 224 valence electrons. The second kappa shape index (κ2) is 11.8. The average molecular weight is 612 g/mol. The van der Waals surface area contributed by atoms with E-state index in [2.05, 4.69) is 126 Å². The molecular formula is C34H40Cl2N2O4. The number of likely N-dealkylation sites (N-methyl/N-ethyl adjacent to an activating group) is 1. The number of aryl methyl sites for hydroxylation is 2. The number of allylic oxidation sites excluding steroid dienone is 8. The second-order valence-electron chi connectivity index (χ2n) is 12.4. The molecule has 0 saturated carbocycles. The Labute approximate surface area is 257 Å². The number of fused-ring (bicyclic) bond motifs is 2. The first-order valence-electron chi connectivity index (χ1n) is 14.1. The molecular weight excluding hydrogens is 571 g/mol. The van der Waals surface area contributed by atoms with E-state index < -0.39 is 10.2 Å². The van der Waals surface area contributed by atoms with E-state index in [4.69, 9.17) is 30.2 Å². The van der Waals surface area contributed by atoms with Gasteiger partial charge in [-0.05, 0) is 81.9 Å². The Bertz CT molecular complexity index is 1550. The average Bonchev–Trinajstić information content (AvgIpc) is 3.18. The number of nitrogens with zero attached hydrogens (tertiary/aromatic N) is 2. The smallest absolute Gasteiger partial charge is 0.209 e. The highest BCUT2D eigenvalue weighted by molar-refractivity contribution is 6.32. The Kier molecular flexibility index (Phi) is 9.02. The highest BCUT2D eigenvalue weighted by Gasteiger charge is 2.43. The minimum atomic E-state index is -4.94. The van der Waals surface area contributed by atoms with Crippen LogP contribution in [0.5, 0.6) is 0 Å². The predicted octanol–water partition coefficient (Wildman–Crippen LogP) is 4.02. The molecule has 0 atom stereocenters. The summed E-state index contributed by atoms with van der Waals surface area (Å²) >= 11 is 7.05. The lowest BCUT2D eigenvalue weighted by Crippen LogP contribution is -2.68. The fraction of sp³-hybridized carbons (Fsp3) is 0.382. The number of benzene rings is 2. The zero-order valence-corrected chi connectivity index (χ0v) is 27.2. The van der Waals surface area contributed by atoms with Crippen molar-refractivity contribution in [3.63, 3.8) is 0 Å². The Hall–Kier alpha value is -2.71. The predicted molar refractivity (Wildman–Crippen MR) is 160 cm³/mol. The second-order valence-corrected chi connectivity index (χ2v) is 13.6. The summed E-state index contributed by atoms with van der Waals surface area (Å²) in [4.78, 5) is 2.33. The lowest BCUT2D eigenvalue weighted by molar-refractivity contribution is -2.00. The summed E-state index contributed by atoms with van der Waals surface area (Å²) in [5.41, 5.74) is 13.0. The summed E-state index contributed by atoms with van der Waals surface area (Å²) in [6.45, 7) is 13.6. The van der Waals surface area contributed by atoms with Crippen molar-refractivity contribution in [3.05, 3.63) is 105 Å². The van der Waals surface area contributed by atoms with E-state index in [1.807, 2.05) is 0 Å². The van der Waals surface area contributed by atoms with Crippen LogP contribution in [0, 0.1) is 24.1 Å². The van der Waals surface area contributed by atoms with Crippen molar-refractivity contribution in [3.8, 4) is 0 Å². The van der Waals surface area contributed by atoms with Gasteiger partial charge in [-0.25, -0.2) is 18.6 Å². The van der Waals surface area contributed by atoms with Crippen LogP contribution in [0.2, 0.25) is 0 Å². The maximum atomic E-state index is 8.49. The first-order valence-corrected chi connectivity index (χ1v) is 15.7. The van der Waals surface area contributed by atoms with E-state index in [-0.39, 0.29) is 10.8 Å². The van der Waals surface area contributed by atoms with Gasteiger partial charge in [0, 0.05) is 46.6 Å². The SMILES string of the molecule is Cc1ccc2c(c1)C(C)(C)C(=CC=C1CCCC(C=CC3=[N+](C)c4ccc(C)cc4C3(C)C)=C1Cl)N2C.[O-][Cl+3]([O-])([O-])[O-]. The summed E-state index contributed by atoms with van der Waals surface area (Å²) in [6, 6.07) is 13.6. The molecule has 2 aromatic rings. The first kappa shape index (κ1) is 32.2. The minimum Gasteiger partial charge on any atom is -0.347 e. The number of hydrogen-bond donors (Lipinski definition) is 0. The molecule has 0 saturated heterocycles. The molecule has 2 heterocycles. The molecule has 1 aliphatic carbocycles. The van der Waals surface area contributed by atoms with Crippen molar-refractivity contribution < 1.29 is 33.5 Å². The van der Waals surface area contributed by atoms with Gasteiger partial charge in [-0.15, -0.1) is 10.2 Å². The van der Waals surface area contributed by atoms with Crippen molar-refractivity contribution in [2.75, 3.05) is 19.0 Å². The van der Waals surface area contributed by atoms with Crippen LogP contribution in [0.1, 0.15) is 69.2 Å². The molecule has 0 bridgehead atoms. The molecule has 42 heavy (non-hydrogen) atoms. The summed E-state index contributed by atoms with van der Waals surface area (Å²) in [7, 11) is -0.591. The van der Waals surface area contributed by atoms with Crippen LogP contribution in [0.3, 0.4) is 0 Å². The van der Waals surface area contributed by atoms with E-state index in [9.17, 15) is 0 Å². The van der Waals surface area contributed by atoms with E-state index in [1.165, 1.54) is 56.2 Å². The van der Waals surface area contributed by atoms with Crippen molar-refractivity contribution in [2.24, 2.45) is 0 Å². The molecule has 0 spiro atoms. The van der Waals surface area contributed by atoms with Crippen LogP contribution in [0.25, 0.3) is 0 Å². The molecule has 2 aromatic carbocycles. The maximum Gasteiger partial charge on any atom is 0.209 e. The molecule has 6 nitrogen and oxygen atoms in total. The molecule has 0 aromatic heterocycles. The number of halogens is 2. The van der Waals surface area contributed by atoms with Gasteiger partial charge in [-0.2, -0.15) is 4.58 Å². The van der Waals surface area contributed by atoms with Crippen LogP contribution in [-0.4, -0.2) is 24.4 Å². The highest BCUT2D eigenvalue weighted by Crippen LogP contribution is 2.47. The molecule has 3 aliphatic rings. The van der Waals surface area contributed by atoms with E-state index in [1.54, 1.807) is 0 Å². The molecule has 0 radical (unpaired) electrons. The third kappa shape index (κ3) is 6.45. The molecule has 0 unspecified atom stereocenters. The van der Waals surface area contributed by atoms with Gasteiger partial charge in [-0.3, -0.25) is 0 Å². The third-order valence-electron chi connectivity index (χ3n) is 8.72. The summed E-state index contributed by atoms with van der Waals surface area (Å²) in [6.07, 6.45) is 12.3. The Balaban J connectivity index is 0.000000748. The van der Waals surface area contributed by atoms with Crippen molar-refractivity contribution >= 4 is 28.7 Å². The summed E-state index contributed by atoms with van der Waals surface area (Å²) in [5.74, 6) is 0. The van der Waals surface area contributed by atoms with Gasteiger partial charge >= 0.3 is 0 Å². The fourth-order valence-corrected chi connectivity index (χ4v) is 6.78. The number of hydrogen-bond acceptors (Lipinski definition) is 5. The van der Waals surface area contributed by atoms with Crippen molar-refractivity contribution in [1.29, 1.82) is 0 Å². The Morgan fingerprint density at radius 3 is 2.10 bits per heavy atom. The summed E-state index contributed by atoms with van der Waals surface area (Å²) < 4.78 is 36.3. The fourth-order valence-electron chi connectivity index (χ4n) is 6.47. The van der Waals surface area contributed by atoms with Gasteiger partial charge < -0.3 is 4.90 Å². The van der Waals surface area contributed by atoms with Crippen LogP contribution in [0.4, 0.5) is 11.4 Å². The summed E-state index contributed by atoms with van der Waals surface area (Å²) in [5, 5.41) is 0.915. The molecule has 2 aliphatic heterocycles. The number of rotatable bonds is 3. The molecule has 8 heteroatoms. The molecule has 0 amide bonds. The van der Waals surface area contributed by atoms with Crippen molar-refractivity contribution in [1.82, 2.24) is 0 Å². The Morgan fingerprint density at radius 2 is 1.45 bits per heavy atom. The lowest BCUT2D eigenvalue weighted by Gasteiger charge is -2.24. The van der Waals surface area contributed by atoms with Gasteiger partial charge in [0.15, 0.2) is 5.71 Å². The minimum absolute atomic E-state index is 0.0383. The lowest BCUT2D eigenvalue weighted by atomic mass is 9.80. The van der Waals surface area contributed by atoms with Crippen LogP contribution in [-0.2, 0) is 10.8 Å². The van der Waals surface area contributed by atoms with Gasteiger partial charge in [0.25, 0.3) is 0 Å². The molecule has 5 rings (SSSR count). The maximum absolute atomic E-state index is 8.49. The number of anilines is 1. The quantitative estimate of drug-likeness (QED) is 0.489. The third-order valence-corrected chi connectivity index (χ3v) is 9.20. The van der Waals surface area contributed by atoms with Crippen LogP contribution >= 0.6 is 11.6 Å². The van der Waals surface area contributed by atoms with Gasteiger partial charge in [-0.1, -0.05) is 66.9 Å². The van der Waals surface area contributed by atoms with E-state index in [0.717, 1.165) is 24.3 Å². The van der Waals surface area contributed by atoms with Gasteiger partial charge in [0.2, 0.25) is 5.69 Å². The van der Waals surface area contributed by atoms with Crippen LogP contribution in [0.15, 0.2) is 82.6 Å². The standard InChI is InChI=1S/C34H40ClN2.ClHO4/c1-22-12-16-28-26(20-22)33(3,4)30(36(28)7)18-14-24-10-9-11-25(32(24)35)15-19-31-34(5,6)27-21-23(2)13-17-29(27)37(31)8;2-1(3,4)5/h12-21H,9-11H2,1-8H3;(H,2,3,4,5)/q+1;/p-1. The highest BCUT2D eigenvalue weighted by atomic mass is 35.7. The molecule has 0 fully saturated rings. The Morgan fingerprint density at radius 1 is 0.857 bits per heavy atom. The topological polar surface area (TPSA) is 98.5 Å². The normalized spacial score (nSPS) is 21.3. The molecule has 0 N–H and O–H groups in total. The van der Waals surface area contributed by atoms with Crippen molar-refractivity contribution in [2.45, 2.75) is 71.6 Å². The largest absolute Gasteiger partial charge is 0.347 e. The van der Waals surface area contributed by atoms with E-state index in [0.29, 0.717) is 0 Å². The monoisotopic (exact) mass is 610 g/mol. The van der Waals surface area contributed by atoms with E-state index >= 15 is 0 Å². The van der Waals surface area contributed by atoms with Gasteiger partial charge in [0.05, 0.1) is 5.41 Å². The van der Waals surface area contributed by atoms with Gasteiger partial charge in [0.1, 0.15) is 7.05 Å². The zero-order chi connectivity index (χ0) is 31.2. The van der Waals surface area contributed by atoms with Crippen LogP contribution < -0.4 is 23.5 Å². The zero-order valence-electron chi connectivity index (χ0n) is 25.7. The first-order chi connectivity index (χ1) is 19.4.